The lowest BCUT2D eigenvalue weighted by molar-refractivity contribution is -0.139. The molecule has 0 fully saturated rings. The van der Waals surface area contributed by atoms with Crippen molar-refractivity contribution in [3.05, 3.63) is 40.9 Å². The first-order valence-corrected chi connectivity index (χ1v) is 6.71. The molecule has 1 aromatic carbocycles. The fourth-order valence-electron chi connectivity index (χ4n) is 1.33. The van der Waals surface area contributed by atoms with E-state index in [1.165, 1.54) is 6.08 Å². The topological polar surface area (TPSA) is 26.3 Å². The summed E-state index contributed by atoms with van der Waals surface area (Å²) in [4.78, 5) is 11.4. The maximum atomic E-state index is 11.4. The van der Waals surface area contributed by atoms with E-state index >= 15 is 0 Å². The van der Waals surface area contributed by atoms with Gasteiger partial charge in [-0.25, -0.2) is 4.79 Å². The van der Waals surface area contributed by atoms with E-state index < -0.39 is 11.5 Å². The average Bonchev–Trinajstić information content (AvgIpc) is 2.35. The van der Waals surface area contributed by atoms with Gasteiger partial charge in [-0.05, 0) is 36.6 Å². The molecule has 0 bridgehead atoms. The van der Waals surface area contributed by atoms with Gasteiger partial charge < -0.3 is 4.74 Å². The van der Waals surface area contributed by atoms with Gasteiger partial charge in [0.15, 0.2) is 5.56 Å². The van der Waals surface area contributed by atoms with E-state index in [4.69, 9.17) is 27.9 Å². The van der Waals surface area contributed by atoms with Gasteiger partial charge in [-0.3, -0.25) is 0 Å². The van der Waals surface area contributed by atoms with Gasteiger partial charge >= 0.3 is 5.97 Å². The van der Waals surface area contributed by atoms with E-state index in [9.17, 15) is 4.79 Å². The van der Waals surface area contributed by atoms with Crippen LogP contribution in [0.15, 0.2) is 30.3 Å². The predicted octanol–water partition coefficient (Wildman–Crippen LogP) is 4.65. The predicted molar refractivity (Wildman–Crippen MR) is 75.7 cm³/mol. The lowest BCUT2D eigenvalue weighted by Gasteiger charge is -2.08. The number of rotatable bonds is 6. The van der Waals surface area contributed by atoms with Gasteiger partial charge in [0.25, 0.3) is 0 Å². The van der Waals surface area contributed by atoms with Crippen molar-refractivity contribution in [3.63, 3.8) is 0 Å². The number of ether oxygens (including phenoxy) is 1. The van der Waals surface area contributed by atoms with E-state index in [1.807, 2.05) is 12.1 Å². The number of benzene rings is 1. The molecule has 1 rings (SSSR count). The summed E-state index contributed by atoms with van der Waals surface area (Å²) >= 11 is 11.6. The number of esters is 1. The third-order valence-corrected chi connectivity index (χ3v) is 2.87. The Bertz CT molecular complexity index is 399. The highest BCUT2D eigenvalue weighted by Crippen LogP contribution is 2.12. The third-order valence-electron chi connectivity index (χ3n) is 2.31. The smallest absolute Gasteiger partial charge is 0.332 e. The number of hydrogen-bond acceptors (Lipinski definition) is 2. The fourth-order valence-corrected chi connectivity index (χ4v) is 1.70. The summed E-state index contributed by atoms with van der Waals surface area (Å²) in [5.41, 5.74) is 0.336. The van der Waals surface area contributed by atoms with Crippen LogP contribution in [-0.4, -0.2) is 11.5 Å². The lowest BCUT2D eigenvalue weighted by Crippen LogP contribution is -2.10. The molecular weight excluding hydrogens is 271 g/mol. The monoisotopic (exact) mass is 286 g/mol. The zero-order valence-corrected chi connectivity index (χ0v) is 11.7. The van der Waals surface area contributed by atoms with E-state index in [0.717, 1.165) is 18.4 Å². The Morgan fingerprint density at radius 3 is 2.67 bits per heavy atom. The second kappa shape index (κ2) is 8.17. The number of alkyl halides is 1. The zero-order valence-electron chi connectivity index (χ0n) is 10.2. The zero-order chi connectivity index (χ0) is 13.4. The number of carbonyl (C=O) groups excluding carboxylic acids is 1. The van der Waals surface area contributed by atoms with Crippen LogP contribution in [0.3, 0.4) is 0 Å². The van der Waals surface area contributed by atoms with E-state index in [0.29, 0.717) is 11.4 Å². The number of carbonyl (C=O) groups is 1. The van der Waals surface area contributed by atoms with Gasteiger partial charge in [-0.1, -0.05) is 48.7 Å². The second-order valence-electron chi connectivity index (χ2n) is 3.87. The SMILES string of the molecule is CCCCC(Cl)OC(=O)/C=C/c1ccc(Cl)cc1. The molecule has 0 spiro atoms. The first kappa shape index (κ1) is 15.1. The van der Waals surface area contributed by atoms with Crippen molar-refractivity contribution in [2.24, 2.45) is 0 Å². The maximum absolute atomic E-state index is 11.4. The summed E-state index contributed by atoms with van der Waals surface area (Å²) in [6, 6.07) is 7.17. The standard InChI is InChI=1S/C14H16Cl2O2/c1-2-3-4-13(16)18-14(17)10-7-11-5-8-12(15)9-6-11/h5-10,13H,2-4H2,1H3/b10-7+. The average molecular weight is 287 g/mol. The van der Waals surface area contributed by atoms with Crippen LogP contribution in [0.25, 0.3) is 6.08 Å². The van der Waals surface area contributed by atoms with E-state index in [2.05, 4.69) is 6.92 Å². The molecule has 0 saturated heterocycles. The van der Waals surface area contributed by atoms with Crippen molar-refractivity contribution in [1.29, 1.82) is 0 Å². The molecule has 0 aliphatic carbocycles. The fraction of sp³-hybridized carbons (Fsp3) is 0.357. The first-order valence-electron chi connectivity index (χ1n) is 5.90. The normalized spacial score (nSPS) is 12.6. The van der Waals surface area contributed by atoms with Crippen LogP contribution in [0.5, 0.6) is 0 Å². The van der Waals surface area contributed by atoms with E-state index in [1.54, 1.807) is 18.2 Å². The van der Waals surface area contributed by atoms with Crippen molar-refractivity contribution < 1.29 is 9.53 Å². The summed E-state index contributed by atoms with van der Waals surface area (Å²) in [6.07, 6.45) is 5.69. The van der Waals surface area contributed by atoms with Crippen molar-refractivity contribution >= 4 is 35.2 Å². The Morgan fingerprint density at radius 2 is 2.06 bits per heavy atom. The van der Waals surface area contributed by atoms with Crippen LogP contribution in [0.1, 0.15) is 31.7 Å². The molecule has 2 nitrogen and oxygen atoms in total. The molecular formula is C14H16Cl2O2. The molecule has 0 amide bonds. The van der Waals surface area contributed by atoms with Gasteiger partial charge in [0.05, 0.1) is 0 Å². The number of halogens is 2. The van der Waals surface area contributed by atoms with Crippen molar-refractivity contribution in [2.45, 2.75) is 31.7 Å². The molecule has 98 valence electrons. The van der Waals surface area contributed by atoms with Crippen LogP contribution >= 0.6 is 23.2 Å². The van der Waals surface area contributed by atoms with Crippen LogP contribution in [-0.2, 0) is 9.53 Å². The molecule has 0 aliphatic heterocycles. The molecule has 18 heavy (non-hydrogen) atoms. The van der Waals surface area contributed by atoms with Crippen LogP contribution in [0.4, 0.5) is 0 Å². The Balaban J connectivity index is 2.41. The quantitative estimate of drug-likeness (QED) is 0.432. The molecule has 0 saturated carbocycles. The Morgan fingerprint density at radius 1 is 1.39 bits per heavy atom. The Labute approximate surface area is 118 Å². The maximum Gasteiger partial charge on any atom is 0.332 e. The highest BCUT2D eigenvalue weighted by Gasteiger charge is 2.07. The molecule has 4 heteroatoms. The van der Waals surface area contributed by atoms with Gasteiger partial charge in [0.2, 0.25) is 0 Å². The molecule has 0 aliphatic rings. The van der Waals surface area contributed by atoms with Crippen molar-refractivity contribution in [3.8, 4) is 0 Å². The molecule has 1 unspecified atom stereocenters. The van der Waals surface area contributed by atoms with Gasteiger partial charge in [-0.2, -0.15) is 0 Å². The highest BCUT2D eigenvalue weighted by atomic mass is 35.5. The summed E-state index contributed by atoms with van der Waals surface area (Å²) in [5.74, 6) is -0.430. The Hall–Kier alpha value is -0.990. The second-order valence-corrected chi connectivity index (χ2v) is 4.80. The molecule has 0 radical (unpaired) electrons. The van der Waals surface area contributed by atoms with Gasteiger partial charge in [0, 0.05) is 11.1 Å². The minimum Gasteiger partial charge on any atom is -0.443 e. The number of hydrogen-bond donors (Lipinski definition) is 0. The lowest BCUT2D eigenvalue weighted by atomic mass is 10.2. The summed E-state index contributed by atoms with van der Waals surface area (Å²) in [7, 11) is 0. The van der Waals surface area contributed by atoms with Crippen LogP contribution in [0.2, 0.25) is 5.02 Å². The molecule has 0 aromatic heterocycles. The molecule has 1 atom stereocenters. The molecule has 0 heterocycles. The van der Waals surface area contributed by atoms with Crippen LogP contribution < -0.4 is 0 Å². The molecule has 0 N–H and O–H groups in total. The summed E-state index contributed by atoms with van der Waals surface area (Å²) in [6.45, 7) is 2.06. The third kappa shape index (κ3) is 6.08. The first-order chi connectivity index (χ1) is 8.61. The van der Waals surface area contributed by atoms with Crippen LogP contribution in [0, 0.1) is 0 Å². The summed E-state index contributed by atoms with van der Waals surface area (Å²) in [5, 5.41) is 0.662. The minimum atomic E-state index is -0.549. The summed E-state index contributed by atoms with van der Waals surface area (Å²) < 4.78 is 5.01. The highest BCUT2D eigenvalue weighted by molar-refractivity contribution is 6.30. The van der Waals surface area contributed by atoms with Crippen molar-refractivity contribution in [2.75, 3.05) is 0 Å². The minimum absolute atomic E-state index is 0.430. The number of unbranched alkanes of at least 4 members (excludes halogenated alkanes) is 1. The Kier molecular flexibility index (Phi) is 6.84. The molecule has 1 aromatic rings. The van der Waals surface area contributed by atoms with E-state index in [-0.39, 0.29) is 0 Å². The van der Waals surface area contributed by atoms with Crippen molar-refractivity contribution in [1.82, 2.24) is 0 Å². The largest absolute Gasteiger partial charge is 0.443 e. The van der Waals surface area contributed by atoms with Gasteiger partial charge in [-0.15, -0.1) is 0 Å². The van der Waals surface area contributed by atoms with Gasteiger partial charge in [0.1, 0.15) is 0 Å².